The maximum Gasteiger partial charge on any atom is 0.211 e. The molecule has 3 heteroatoms. The predicted molar refractivity (Wildman–Crippen MR) is 178 cm³/mol. The largest absolute Gasteiger partial charge is 0.507 e. The molecule has 0 saturated heterocycles. The highest BCUT2D eigenvalue weighted by molar-refractivity contribution is 8.00. The Morgan fingerprint density at radius 1 is 0.651 bits per heavy atom. The van der Waals surface area contributed by atoms with Crippen molar-refractivity contribution >= 4 is 22.5 Å². The Kier molecular flexibility index (Phi) is 5.44. The monoisotopic (exact) mass is 582 g/mol. The summed E-state index contributed by atoms with van der Waals surface area (Å²) in [7, 11) is 0. The van der Waals surface area contributed by atoms with Gasteiger partial charge in [-0.05, 0) is 94.5 Å². The molecule has 0 bridgehead atoms. The Labute approximate surface area is 259 Å². The number of thioether (sulfide) groups is 1. The minimum atomic E-state index is -0.714. The van der Waals surface area contributed by atoms with Crippen molar-refractivity contribution in [3.63, 3.8) is 0 Å². The number of hydrogen-bond donors (Lipinski definition) is 1. The molecule has 1 N–H and O–H groups in total. The third kappa shape index (κ3) is 3.49. The first kappa shape index (κ1) is 26.9. The highest BCUT2D eigenvalue weighted by atomic mass is 32.2. The van der Waals surface area contributed by atoms with Crippen LogP contribution in [0.3, 0.4) is 0 Å². The van der Waals surface area contributed by atoms with E-state index in [1.165, 1.54) is 33.4 Å². The lowest BCUT2D eigenvalue weighted by atomic mass is 9.71. The summed E-state index contributed by atoms with van der Waals surface area (Å²) in [5.41, 5.74) is 10.1. The van der Waals surface area contributed by atoms with Gasteiger partial charge in [-0.25, -0.2) is 0 Å². The van der Waals surface area contributed by atoms with Crippen molar-refractivity contribution in [2.75, 3.05) is 0 Å². The van der Waals surface area contributed by atoms with E-state index >= 15 is 0 Å². The minimum absolute atomic E-state index is 0.120. The van der Waals surface area contributed by atoms with Crippen LogP contribution in [0.5, 0.6) is 11.5 Å². The van der Waals surface area contributed by atoms with E-state index < -0.39 is 4.93 Å². The number of hydrogen-bond acceptors (Lipinski definition) is 3. The molecule has 43 heavy (non-hydrogen) atoms. The number of aryl methyl sites for hydroxylation is 2. The van der Waals surface area contributed by atoms with Crippen molar-refractivity contribution < 1.29 is 9.84 Å². The van der Waals surface area contributed by atoms with Crippen LogP contribution in [0.25, 0.3) is 21.9 Å². The lowest BCUT2D eigenvalue weighted by Crippen LogP contribution is -2.29. The molecule has 2 aliphatic carbocycles. The van der Waals surface area contributed by atoms with Gasteiger partial charge in [0.15, 0.2) is 0 Å². The van der Waals surface area contributed by atoms with E-state index in [1.807, 2.05) is 0 Å². The maximum atomic E-state index is 11.8. The van der Waals surface area contributed by atoms with Gasteiger partial charge in [0.2, 0.25) is 4.93 Å². The summed E-state index contributed by atoms with van der Waals surface area (Å²) in [5, 5.41) is 13.7. The molecule has 1 saturated carbocycles. The minimum Gasteiger partial charge on any atom is -0.507 e. The molecule has 1 heterocycles. The standard InChI is InChI=1S/C40H38O2S/c1-24-13-7-10-16-29(24)40(30-17-11-8-14-25(30)2)42-34-19-28-27(20-35(34)43-40)33(41)21-32-36(28)26-15-9-12-18-31(26)39(32)22-37(3,4)38(5,6)23-39/h7-21,41H,22-23H2,1-6H3. The number of phenolic OH excluding ortho intramolecular Hbond substituents is 1. The van der Waals surface area contributed by atoms with Gasteiger partial charge in [0.1, 0.15) is 11.5 Å². The van der Waals surface area contributed by atoms with Gasteiger partial charge < -0.3 is 9.84 Å². The zero-order chi connectivity index (χ0) is 29.9. The number of phenols is 1. The van der Waals surface area contributed by atoms with E-state index in [1.54, 1.807) is 11.8 Å². The molecular formula is C40H38O2S. The fourth-order valence-electron chi connectivity index (χ4n) is 8.51. The Morgan fingerprint density at radius 2 is 1.21 bits per heavy atom. The van der Waals surface area contributed by atoms with Gasteiger partial charge in [-0.2, -0.15) is 0 Å². The van der Waals surface area contributed by atoms with Crippen molar-refractivity contribution in [2.24, 2.45) is 10.8 Å². The Hall–Kier alpha value is -3.69. The van der Waals surface area contributed by atoms with Gasteiger partial charge in [0.25, 0.3) is 0 Å². The van der Waals surface area contributed by atoms with Gasteiger partial charge in [-0.3, -0.25) is 0 Å². The van der Waals surface area contributed by atoms with Crippen molar-refractivity contribution in [1.29, 1.82) is 0 Å². The summed E-state index contributed by atoms with van der Waals surface area (Å²) in [6, 6.07) is 32.5. The van der Waals surface area contributed by atoms with Gasteiger partial charge in [-0.15, -0.1) is 0 Å². The van der Waals surface area contributed by atoms with E-state index in [-0.39, 0.29) is 16.2 Å². The van der Waals surface area contributed by atoms with E-state index in [9.17, 15) is 5.11 Å². The highest BCUT2D eigenvalue weighted by Crippen LogP contribution is 2.69. The molecule has 0 amide bonds. The fourth-order valence-corrected chi connectivity index (χ4v) is 10.0. The molecule has 8 rings (SSSR count). The van der Waals surface area contributed by atoms with Crippen molar-refractivity contribution in [3.05, 3.63) is 124 Å². The lowest BCUT2D eigenvalue weighted by Gasteiger charge is -2.34. The first-order valence-corrected chi connectivity index (χ1v) is 16.2. The molecule has 3 aliphatic rings. The Balaban J connectivity index is 1.38. The van der Waals surface area contributed by atoms with Crippen molar-refractivity contribution in [2.45, 2.75) is 69.6 Å². The van der Waals surface area contributed by atoms with E-state index in [0.717, 1.165) is 45.4 Å². The second kappa shape index (κ2) is 8.70. The SMILES string of the molecule is Cc1ccccc1C1(c2ccccc2C)Oc2cc3c4c(cc(O)c3cc2S1)C1(CC(C)(C)C(C)(C)C1)c1ccccc1-4. The number of ether oxygens (including phenoxy) is 1. The van der Waals surface area contributed by atoms with Crippen LogP contribution in [0.4, 0.5) is 0 Å². The average Bonchev–Trinajstić information content (AvgIpc) is 3.53. The van der Waals surface area contributed by atoms with Crippen molar-refractivity contribution in [3.8, 4) is 22.6 Å². The van der Waals surface area contributed by atoms with Crippen LogP contribution in [0.1, 0.15) is 73.9 Å². The number of aromatic hydroxyl groups is 1. The fraction of sp³-hybridized carbons (Fsp3) is 0.300. The molecule has 0 aromatic heterocycles. The van der Waals surface area contributed by atoms with Crippen LogP contribution < -0.4 is 4.74 Å². The van der Waals surface area contributed by atoms with Crippen molar-refractivity contribution in [1.82, 2.24) is 0 Å². The zero-order valence-electron chi connectivity index (χ0n) is 25.8. The third-order valence-corrected chi connectivity index (χ3v) is 12.6. The quantitative estimate of drug-likeness (QED) is 0.224. The molecule has 5 aromatic rings. The molecule has 5 aromatic carbocycles. The summed E-state index contributed by atoms with van der Waals surface area (Å²) in [5.74, 6) is 1.23. The van der Waals surface area contributed by atoms with Crippen LogP contribution >= 0.6 is 11.8 Å². The Bertz CT molecular complexity index is 1920. The normalized spacial score (nSPS) is 19.7. The molecular weight excluding hydrogens is 545 g/mol. The van der Waals surface area contributed by atoms with Crippen LogP contribution in [-0.4, -0.2) is 5.11 Å². The van der Waals surface area contributed by atoms with Crippen LogP contribution in [0, 0.1) is 24.7 Å². The molecule has 0 atom stereocenters. The van der Waals surface area contributed by atoms with Crippen LogP contribution in [0.2, 0.25) is 0 Å². The van der Waals surface area contributed by atoms with E-state index in [2.05, 4.69) is 133 Å². The summed E-state index contributed by atoms with van der Waals surface area (Å²) >= 11 is 1.75. The molecule has 216 valence electrons. The topological polar surface area (TPSA) is 29.5 Å². The van der Waals surface area contributed by atoms with E-state index in [4.69, 9.17) is 4.74 Å². The molecule has 1 aliphatic heterocycles. The second-order valence-corrected chi connectivity index (χ2v) is 15.6. The second-order valence-electron chi connectivity index (χ2n) is 14.4. The van der Waals surface area contributed by atoms with Gasteiger partial charge in [0.05, 0.1) is 4.90 Å². The molecule has 0 radical (unpaired) electrons. The third-order valence-electron chi connectivity index (χ3n) is 11.2. The summed E-state index contributed by atoms with van der Waals surface area (Å²) in [4.78, 5) is 0.340. The molecule has 1 fully saturated rings. The van der Waals surface area contributed by atoms with Gasteiger partial charge >= 0.3 is 0 Å². The lowest BCUT2D eigenvalue weighted by molar-refractivity contribution is 0.157. The average molecular weight is 583 g/mol. The maximum absolute atomic E-state index is 11.8. The number of fused-ring (bicyclic) bond motifs is 8. The zero-order valence-corrected chi connectivity index (χ0v) is 26.7. The highest BCUT2D eigenvalue weighted by Gasteiger charge is 2.59. The summed E-state index contributed by atoms with van der Waals surface area (Å²) in [6.45, 7) is 14.0. The van der Waals surface area contributed by atoms with Gasteiger partial charge in [0, 0.05) is 21.9 Å². The number of rotatable bonds is 2. The van der Waals surface area contributed by atoms with Gasteiger partial charge in [-0.1, -0.05) is 112 Å². The molecule has 1 spiro atoms. The first-order valence-electron chi connectivity index (χ1n) is 15.4. The number of benzene rings is 5. The summed E-state index contributed by atoms with van der Waals surface area (Å²) < 4.78 is 7.19. The summed E-state index contributed by atoms with van der Waals surface area (Å²) in [6.07, 6.45) is 2.12. The molecule has 0 unspecified atom stereocenters. The molecule has 2 nitrogen and oxygen atoms in total. The smallest absolute Gasteiger partial charge is 0.211 e. The first-order chi connectivity index (χ1) is 20.5. The van der Waals surface area contributed by atoms with Crippen LogP contribution in [-0.2, 0) is 10.3 Å². The predicted octanol–water partition coefficient (Wildman–Crippen LogP) is 10.7. The van der Waals surface area contributed by atoms with Crippen LogP contribution in [0.15, 0.2) is 95.9 Å². The van der Waals surface area contributed by atoms with E-state index in [0.29, 0.717) is 5.75 Å². The Morgan fingerprint density at radius 3 is 1.81 bits per heavy atom.